The molecule has 1 amide bonds. The second kappa shape index (κ2) is 9.68. The zero-order valence-corrected chi connectivity index (χ0v) is 16.5. The number of aromatic nitrogens is 1. The van der Waals surface area contributed by atoms with Gasteiger partial charge in [-0.3, -0.25) is 4.79 Å². The maximum Gasteiger partial charge on any atom is 0.255 e. The summed E-state index contributed by atoms with van der Waals surface area (Å²) in [6, 6.07) is 17.2. The van der Waals surface area contributed by atoms with Crippen LogP contribution in [-0.4, -0.2) is 23.5 Å². The smallest absolute Gasteiger partial charge is 0.255 e. The molecule has 1 heterocycles. The standard InChI is InChI=1S/C23H24FN3O2/c1-16(2)29-20-9-7-19(8-10-20)27-23(28)18-12-14-26-22(15-18)25-13-11-17-5-3-4-6-21(17)24/h3-10,12,14-16H,11,13H2,1-2H3,(H,25,26)(H,27,28). The predicted molar refractivity (Wildman–Crippen MR) is 113 cm³/mol. The molecule has 0 fully saturated rings. The lowest BCUT2D eigenvalue weighted by molar-refractivity contribution is 0.102. The molecule has 0 saturated heterocycles. The van der Waals surface area contributed by atoms with Crippen LogP contribution >= 0.6 is 0 Å². The summed E-state index contributed by atoms with van der Waals surface area (Å²) in [7, 11) is 0. The van der Waals surface area contributed by atoms with Gasteiger partial charge in [0.25, 0.3) is 5.91 Å². The summed E-state index contributed by atoms with van der Waals surface area (Å²) in [5.41, 5.74) is 1.80. The van der Waals surface area contributed by atoms with Crippen LogP contribution in [0.3, 0.4) is 0 Å². The van der Waals surface area contributed by atoms with Gasteiger partial charge in [0.2, 0.25) is 0 Å². The maximum atomic E-state index is 13.7. The van der Waals surface area contributed by atoms with E-state index in [4.69, 9.17) is 4.74 Å². The van der Waals surface area contributed by atoms with Gasteiger partial charge < -0.3 is 15.4 Å². The van der Waals surface area contributed by atoms with Crippen molar-refractivity contribution in [1.82, 2.24) is 4.98 Å². The monoisotopic (exact) mass is 393 g/mol. The lowest BCUT2D eigenvalue weighted by Crippen LogP contribution is -2.13. The minimum atomic E-state index is -0.234. The summed E-state index contributed by atoms with van der Waals surface area (Å²) >= 11 is 0. The third-order valence-corrected chi connectivity index (χ3v) is 4.16. The van der Waals surface area contributed by atoms with Crippen LogP contribution in [0.4, 0.5) is 15.9 Å². The molecule has 3 aromatic rings. The Labute approximate surface area is 169 Å². The Kier molecular flexibility index (Phi) is 6.79. The SMILES string of the molecule is CC(C)Oc1ccc(NC(=O)c2ccnc(NCCc3ccccc3F)c2)cc1. The number of rotatable bonds is 8. The molecule has 29 heavy (non-hydrogen) atoms. The van der Waals surface area contributed by atoms with Crippen molar-refractivity contribution in [2.75, 3.05) is 17.2 Å². The average molecular weight is 393 g/mol. The molecule has 150 valence electrons. The highest BCUT2D eigenvalue weighted by Crippen LogP contribution is 2.18. The summed E-state index contributed by atoms with van der Waals surface area (Å²) in [5, 5.41) is 5.99. The van der Waals surface area contributed by atoms with Crippen LogP contribution in [0.2, 0.25) is 0 Å². The zero-order valence-electron chi connectivity index (χ0n) is 16.5. The molecule has 0 aliphatic rings. The summed E-state index contributed by atoms with van der Waals surface area (Å²) in [6.07, 6.45) is 2.19. The van der Waals surface area contributed by atoms with Crippen LogP contribution in [0.1, 0.15) is 29.8 Å². The molecule has 0 radical (unpaired) electrons. The van der Waals surface area contributed by atoms with Crippen molar-refractivity contribution >= 4 is 17.4 Å². The Morgan fingerprint density at radius 1 is 1.10 bits per heavy atom. The Morgan fingerprint density at radius 2 is 1.86 bits per heavy atom. The number of amides is 1. The van der Waals surface area contributed by atoms with Crippen molar-refractivity contribution < 1.29 is 13.9 Å². The maximum absolute atomic E-state index is 13.7. The molecule has 6 heteroatoms. The molecule has 1 aromatic heterocycles. The Bertz CT molecular complexity index is 958. The molecule has 0 aliphatic carbocycles. The highest BCUT2D eigenvalue weighted by Gasteiger charge is 2.08. The first-order chi connectivity index (χ1) is 14.0. The Hall–Kier alpha value is -3.41. The van der Waals surface area contributed by atoms with E-state index in [1.54, 1.807) is 42.6 Å². The van der Waals surface area contributed by atoms with E-state index in [9.17, 15) is 9.18 Å². The molecule has 5 nitrogen and oxygen atoms in total. The minimum Gasteiger partial charge on any atom is -0.491 e. The quantitative estimate of drug-likeness (QED) is 0.570. The van der Waals surface area contributed by atoms with Crippen molar-refractivity contribution in [1.29, 1.82) is 0 Å². The fraction of sp³-hybridized carbons (Fsp3) is 0.217. The van der Waals surface area contributed by atoms with Crippen LogP contribution in [0.15, 0.2) is 66.9 Å². The lowest BCUT2D eigenvalue weighted by Gasteiger charge is -2.11. The van der Waals surface area contributed by atoms with Crippen molar-refractivity contribution in [3.05, 3.63) is 83.8 Å². The number of ether oxygens (including phenoxy) is 1. The first-order valence-electron chi connectivity index (χ1n) is 9.52. The van der Waals surface area contributed by atoms with Gasteiger partial charge in [0.15, 0.2) is 0 Å². The van der Waals surface area contributed by atoms with Crippen molar-refractivity contribution in [3.63, 3.8) is 0 Å². The van der Waals surface area contributed by atoms with E-state index in [-0.39, 0.29) is 17.8 Å². The highest BCUT2D eigenvalue weighted by molar-refractivity contribution is 6.04. The number of carbonyl (C=O) groups excluding carboxylic acids is 1. The van der Waals surface area contributed by atoms with Gasteiger partial charge in [0.1, 0.15) is 17.4 Å². The predicted octanol–water partition coefficient (Wildman–Crippen LogP) is 4.91. The minimum absolute atomic E-state index is 0.0940. The van der Waals surface area contributed by atoms with E-state index < -0.39 is 0 Å². The molecule has 0 saturated carbocycles. The van der Waals surface area contributed by atoms with E-state index in [2.05, 4.69) is 15.6 Å². The number of halogens is 1. The Balaban J connectivity index is 1.57. The molecule has 0 atom stereocenters. The molecule has 0 spiro atoms. The van der Waals surface area contributed by atoms with Gasteiger partial charge in [-0.15, -0.1) is 0 Å². The topological polar surface area (TPSA) is 63.2 Å². The van der Waals surface area contributed by atoms with Gasteiger partial charge in [-0.2, -0.15) is 0 Å². The summed E-state index contributed by atoms with van der Waals surface area (Å²) < 4.78 is 19.3. The number of carbonyl (C=O) groups is 1. The second-order valence-electron chi connectivity index (χ2n) is 6.84. The van der Waals surface area contributed by atoms with Gasteiger partial charge in [-0.05, 0) is 68.3 Å². The third-order valence-electron chi connectivity index (χ3n) is 4.16. The first kappa shape index (κ1) is 20.3. The van der Waals surface area contributed by atoms with Gasteiger partial charge in [0, 0.05) is 24.0 Å². The van der Waals surface area contributed by atoms with Crippen molar-refractivity contribution in [2.45, 2.75) is 26.4 Å². The molecule has 0 unspecified atom stereocenters. The molecular weight excluding hydrogens is 369 g/mol. The molecule has 2 N–H and O–H groups in total. The fourth-order valence-corrected chi connectivity index (χ4v) is 2.79. The summed E-state index contributed by atoms with van der Waals surface area (Å²) in [4.78, 5) is 16.7. The molecule has 2 aromatic carbocycles. The fourth-order valence-electron chi connectivity index (χ4n) is 2.79. The first-order valence-corrected chi connectivity index (χ1v) is 9.52. The van der Waals surface area contributed by atoms with Crippen LogP contribution in [-0.2, 0) is 6.42 Å². The lowest BCUT2D eigenvalue weighted by atomic mass is 10.1. The van der Waals surface area contributed by atoms with E-state index in [0.29, 0.717) is 35.6 Å². The van der Waals surface area contributed by atoms with E-state index >= 15 is 0 Å². The van der Waals surface area contributed by atoms with E-state index in [1.165, 1.54) is 6.07 Å². The van der Waals surface area contributed by atoms with Crippen LogP contribution < -0.4 is 15.4 Å². The molecule has 3 rings (SSSR count). The van der Waals surface area contributed by atoms with Gasteiger partial charge >= 0.3 is 0 Å². The second-order valence-corrected chi connectivity index (χ2v) is 6.84. The Morgan fingerprint density at radius 3 is 2.59 bits per heavy atom. The number of nitrogens with zero attached hydrogens (tertiary/aromatic N) is 1. The van der Waals surface area contributed by atoms with Gasteiger partial charge in [-0.1, -0.05) is 18.2 Å². The summed E-state index contributed by atoms with van der Waals surface area (Å²) in [6.45, 7) is 4.43. The number of nitrogens with one attached hydrogen (secondary N) is 2. The number of hydrogen-bond acceptors (Lipinski definition) is 4. The normalized spacial score (nSPS) is 10.6. The number of hydrogen-bond donors (Lipinski definition) is 2. The van der Waals surface area contributed by atoms with Gasteiger partial charge in [-0.25, -0.2) is 9.37 Å². The average Bonchev–Trinajstić information content (AvgIpc) is 2.71. The largest absolute Gasteiger partial charge is 0.491 e. The van der Waals surface area contributed by atoms with Crippen LogP contribution in [0, 0.1) is 5.82 Å². The third kappa shape index (κ3) is 6.04. The molecule has 0 bridgehead atoms. The van der Waals surface area contributed by atoms with Crippen LogP contribution in [0.25, 0.3) is 0 Å². The molecular formula is C23H24FN3O2. The number of benzene rings is 2. The van der Waals surface area contributed by atoms with Gasteiger partial charge in [0.05, 0.1) is 6.10 Å². The van der Waals surface area contributed by atoms with E-state index in [0.717, 1.165) is 5.75 Å². The molecule has 0 aliphatic heterocycles. The zero-order chi connectivity index (χ0) is 20.6. The number of anilines is 2. The summed E-state index contributed by atoms with van der Waals surface area (Å²) in [5.74, 6) is 0.861. The van der Waals surface area contributed by atoms with Crippen LogP contribution in [0.5, 0.6) is 5.75 Å². The van der Waals surface area contributed by atoms with Crippen molar-refractivity contribution in [3.8, 4) is 5.75 Å². The number of pyridine rings is 1. The van der Waals surface area contributed by atoms with Crippen molar-refractivity contribution in [2.24, 2.45) is 0 Å². The highest BCUT2D eigenvalue weighted by atomic mass is 19.1. The van der Waals surface area contributed by atoms with E-state index in [1.807, 2.05) is 32.0 Å².